The van der Waals surface area contributed by atoms with Crippen molar-refractivity contribution in [3.8, 4) is 11.5 Å². The number of halogens is 1. The Labute approximate surface area is 210 Å². The van der Waals surface area contributed by atoms with Crippen LogP contribution in [0.3, 0.4) is 0 Å². The first-order chi connectivity index (χ1) is 16.3. The van der Waals surface area contributed by atoms with E-state index in [0.29, 0.717) is 33.3 Å². The molecule has 1 heterocycles. The third kappa shape index (κ3) is 6.33. The Bertz CT molecular complexity index is 1170. The van der Waals surface area contributed by atoms with Crippen LogP contribution in [0, 0.1) is 0 Å². The monoisotopic (exact) mass is 546 g/mol. The van der Waals surface area contributed by atoms with E-state index < -0.39 is 17.9 Å². The average molecular weight is 547 g/mol. The predicted molar refractivity (Wildman–Crippen MR) is 134 cm³/mol. The minimum absolute atomic E-state index is 0.0273. The molecular weight excluding hydrogens is 524 g/mol. The van der Waals surface area contributed by atoms with E-state index in [1.165, 1.54) is 12.3 Å². The van der Waals surface area contributed by atoms with Gasteiger partial charge in [-0.25, -0.2) is 10.2 Å². The number of nitrogens with zero attached hydrogens (tertiary/aromatic N) is 1. The number of para-hydroxylation sites is 1. The molecule has 0 saturated heterocycles. The third-order valence-corrected chi connectivity index (χ3v) is 5.45. The van der Waals surface area contributed by atoms with Gasteiger partial charge in [0.25, 0.3) is 5.91 Å². The lowest BCUT2D eigenvalue weighted by atomic mass is 9.95. The number of phenols is 1. The summed E-state index contributed by atoms with van der Waals surface area (Å²) < 4.78 is 11.7. The highest BCUT2D eigenvalue weighted by atomic mass is 79.9. The van der Waals surface area contributed by atoms with Crippen LogP contribution in [0.25, 0.3) is 0 Å². The van der Waals surface area contributed by atoms with E-state index in [-0.39, 0.29) is 19.0 Å². The van der Waals surface area contributed by atoms with Gasteiger partial charge in [-0.15, -0.1) is 0 Å². The Kier molecular flexibility index (Phi) is 8.61. The van der Waals surface area contributed by atoms with Crippen LogP contribution in [0.2, 0.25) is 0 Å². The minimum Gasteiger partial charge on any atom is -0.507 e. The zero-order valence-electron chi connectivity index (χ0n) is 18.4. The molecule has 0 aromatic heterocycles. The fourth-order valence-corrected chi connectivity index (χ4v) is 3.88. The summed E-state index contributed by atoms with van der Waals surface area (Å²) in [6.07, 6.45) is 1.32. The van der Waals surface area contributed by atoms with Crippen LogP contribution in [-0.2, 0) is 14.3 Å². The molecule has 178 valence electrons. The number of hydrazone groups is 1. The largest absolute Gasteiger partial charge is 0.507 e. The lowest BCUT2D eigenvalue weighted by Crippen LogP contribution is -2.45. The van der Waals surface area contributed by atoms with E-state index >= 15 is 0 Å². The van der Waals surface area contributed by atoms with Gasteiger partial charge in [-0.3, -0.25) is 4.79 Å². The van der Waals surface area contributed by atoms with E-state index in [1.54, 1.807) is 50.2 Å². The molecule has 11 heteroatoms. The van der Waals surface area contributed by atoms with E-state index in [9.17, 15) is 14.7 Å². The maximum Gasteiger partial charge on any atom is 0.338 e. The quantitative estimate of drug-likeness (QED) is 0.172. The Morgan fingerprint density at radius 2 is 2.06 bits per heavy atom. The third-order valence-electron chi connectivity index (χ3n) is 4.74. The fraction of sp³-hybridized carbons (Fsp3) is 0.217. The van der Waals surface area contributed by atoms with E-state index in [4.69, 9.17) is 21.7 Å². The van der Waals surface area contributed by atoms with Crippen LogP contribution in [0.5, 0.6) is 11.5 Å². The number of hydrogen-bond donors (Lipinski definition) is 4. The topological polar surface area (TPSA) is 121 Å². The second-order valence-corrected chi connectivity index (χ2v) is 8.44. The number of ether oxygens (including phenoxy) is 2. The molecule has 2 aromatic rings. The number of aromatic hydroxyl groups is 1. The lowest BCUT2D eigenvalue weighted by molar-refractivity contribution is -0.139. The summed E-state index contributed by atoms with van der Waals surface area (Å²) in [7, 11) is 0. The first-order valence-corrected chi connectivity index (χ1v) is 11.5. The highest BCUT2D eigenvalue weighted by Crippen LogP contribution is 2.33. The molecule has 0 aliphatic carbocycles. The lowest BCUT2D eigenvalue weighted by Gasteiger charge is -2.30. The average Bonchev–Trinajstić information content (AvgIpc) is 2.79. The molecule has 0 saturated carbocycles. The molecule has 0 fully saturated rings. The normalized spacial score (nSPS) is 15.5. The molecular formula is C23H23BrN4O5S. The number of esters is 1. The van der Waals surface area contributed by atoms with Crippen LogP contribution >= 0.6 is 28.1 Å². The van der Waals surface area contributed by atoms with Gasteiger partial charge in [-0.2, -0.15) is 5.10 Å². The van der Waals surface area contributed by atoms with Crippen molar-refractivity contribution in [3.05, 3.63) is 69.3 Å². The number of amides is 1. The van der Waals surface area contributed by atoms with Crippen molar-refractivity contribution in [2.75, 3.05) is 13.2 Å². The van der Waals surface area contributed by atoms with Crippen molar-refractivity contribution < 1.29 is 24.2 Å². The Morgan fingerprint density at radius 1 is 1.29 bits per heavy atom. The summed E-state index contributed by atoms with van der Waals surface area (Å²) in [5.41, 5.74) is 4.35. The molecule has 2 aromatic carbocycles. The van der Waals surface area contributed by atoms with Crippen molar-refractivity contribution in [3.63, 3.8) is 0 Å². The molecule has 0 unspecified atom stereocenters. The Balaban J connectivity index is 1.72. The predicted octanol–water partition coefficient (Wildman–Crippen LogP) is 3.04. The number of thiocarbonyl (C=S) groups is 1. The Hall–Kier alpha value is -3.44. The van der Waals surface area contributed by atoms with Crippen LogP contribution in [-0.4, -0.2) is 41.5 Å². The number of allylic oxidation sites excluding steroid dienone is 1. The molecule has 9 nitrogen and oxygen atoms in total. The van der Waals surface area contributed by atoms with E-state index in [2.05, 4.69) is 37.1 Å². The molecule has 4 N–H and O–H groups in total. The van der Waals surface area contributed by atoms with Crippen molar-refractivity contribution in [1.29, 1.82) is 0 Å². The number of hydrogen-bond acceptors (Lipinski definition) is 7. The van der Waals surface area contributed by atoms with Gasteiger partial charge in [0.15, 0.2) is 11.7 Å². The molecule has 1 amide bonds. The number of phenolic OH excluding ortho intramolecular Hbond substituents is 1. The van der Waals surface area contributed by atoms with Crippen molar-refractivity contribution in [2.45, 2.75) is 19.9 Å². The second kappa shape index (κ2) is 11.6. The van der Waals surface area contributed by atoms with Gasteiger partial charge < -0.3 is 25.2 Å². The smallest absolute Gasteiger partial charge is 0.338 e. The van der Waals surface area contributed by atoms with Gasteiger partial charge in [0.2, 0.25) is 0 Å². The van der Waals surface area contributed by atoms with Gasteiger partial charge in [-0.1, -0.05) is 34.1 Å². The van der Waals surface area contributed by atoms with Crippen LogP contribution in [0.15, 0.2) is 63.3 Å². The molecule has 0 radical (unpaired) electrons. The number of nitrogens with one attached hydrogen (secondary N) is 3. The van der Waals surface area contributed by atoms with E-state index in [0.717, 1.165) is 4.47 Å². The molecule has 0 spiro atoms. The number of rotatable bonds is 8. The van der Waals surface area contributed by atoms with Gasteiger partial charge >= 0.3 is 5.97 Å². The number of carbonyl (C=O) groups is 2. The number of carbonyl (C=O) groups excluding carboxylic acids is 2. The summed E-state index contributed by atoms with van der Waals surface area (Å²) in [6.45, 7) is 3.37. The van der Waals surface area contributed by atoms with Crippen LogP contribution in [0.1, 0.15) is 31.0 Å². The summed E-state index contributed by atoms with van der Waals surface area (Å²) in [5.74, 6) is -0.570. The zero-order valence-corrected chi connectivity index (χ0v) is 20.8. The molecule has 1 aliphatic rings. The maximum absolute atomic E-state index is 12.6. The maximum atomic E-state index is 12.6. The van der Waals surface area contributed by atoms with Gasteiger partial charge in [-0.05, 0) is 50.3 Å². The molecule has 0 bridgehead atoms. The van der Waals surface area contributed by atoms with Gasteiger partial charge in [0.05, 0.1) is 24.4 Å². The van der Waals surface area contributed by atoms with Crippen LogP contribution in [0.4, 0.5) is 0 Å². The summed E-state index contributed by atoms with van der Waals surface area (Å²) in [4.78, 5) is 24.9. The summed E-state index contributed by atoms with van der Waals surface area (Å²) >= 11 is 8.58. The van der Waals surface area contributed by atoms with Crippen molar-refractivity contribution >= 4 is 51.4 Å². The Morgan fingerprint density at radius 3 is 2.82 bits per heavy atom. The van der Waals surface area contributed by atoms with Crippen LogP contribution < -0.4 is 20.8 Å². The molecule has 1 atom stereocenters. The highest BCUT2D eigenvalue weighted by molar-refractivity contribution is 9.10. The fourth-order valence-electron chi connectivity index (χ4n) is 3.24. The molecule has 1 aliphatic heterocycles. The van der Waals surface area contributed by atoms with Gasteiger partial charge in [0, 0.05) is 21.3 Å². The molecule has 34 heavy (non-hydrogen) atoms. The van der Waals surface area contributed by atoms with E-state index in [1.807, 2.05) is 0 Å². The SMILES string of the molecule is CCOC(=O)C1=C(C)NC(=S)N[C@@H]1c1ccccc1OCC(=O)NN=Cc1cc(Br)ccc1O. The highest BCUT2D eigenvalue weighted by Gasteiger charge is 2.32. The summed E-state index contributed by atoms with van der Waals surface area (Å²) in [5, 5.41) is 20.1. The standard InChI is InChI=1S/C23H23BrN4O5S/c1-3-32-22(31)20-13(2)26-23(34)27-21(20)16-6-4-5-7-18(16)33-12-19(30)28-25-11-14-10-15(24)8-9-17(14)29/h4-11,21,29H,3,12H2,1-2H3,(H,28,30)(H2,26,27,34)/t21-/m1/s1. The minimum atomic E-state index is -0.621. The first kappa shape index (κ1) is 25.2. The number of benzene rings is 2. The van der Waals surface area contributed by atoms with Crippen molar-refractivity contribution in [2.24, 2.45) is 5.10 Å². The van der Waals surface area contributed by atoms with Gasteiger partial charge in [0.1, 0.15) is 11.5 Å². The second-order valence-electron chi connectivity index (χ2n) is 7.11. The zero-order chi connectivity index (χ0) is 24.7. The molecule has 3 rings (SSSR count). The van der Waals surface area contributed by atoms with Crippen molar-refractivity contribution in [1.82, 2.24) is 16.1 Å². The first-order valence-electron chi connectivity index (χ1n) is 10.3. The summed E-state index contributed by atoms with van der Waals surface area (Å²) in [6, 6.07) is 11.2.